The van der Waals surface area contributed by atoms with Crippen LogP contribution in [0, 0.1) is 0 Å². The van der Waals surface area contributed by atoms with Gasteiger partial charge in [-0.3, -0.25) is 9.78 Å². The Morgan fingerprint density at radius 3 is 2.60 bits per heavy atom. The number of hydrogen-bond acceptors (Lipinski definition) is 4. The van der Waals surface area contributed by atoms with Crippen LogP contribution >= 0.6 is 0 Å². The van der Waals surface area contributed by atoms with Crippen molar-refractivity contribution in [3.05, 3.63) is 89.1 Å². The molecule has 3 aromatic heterocycles. The van der Waals surface area contributed by atoms with Crippen molar-refractivity contribution in [3.8, 4) is 11.1 Å². The fourth-order valence-corrected chi connectivity index (χ4v) is 2.77. The van der Waals surface area contributed by atoms with Gasteiger partial charge in [-0.1, -0.05) is 30.3 Å². The molecule has 0 spiro atoms. The van der Waals surface area contributed by atoms with E-state index in [0.29, 0.717) is 17.4 Å². The van der Waals surface area contributed by atoms with Gasteiger partial charge in [0.25, 0.3) is 5.56 Å². The Balaban J connectivity index is 1.82. The number of rotatable bonds is 4. The van der Waals surface area contributed by atoms with Gasteiger partial charge in [0.1, 0.15) is 5.82 Å². The van der Waals surface area contributed by atoms with E-state index < -0.39 is 0 Å². The molecule has 0 aliphatic rings. The zero-order valence-corrected chi connectivity index (χ0v) is 13.4. The number of nitrogens with zero attached hydrogens (tertiary/aromatic N) is 2. The van der Waals surface area contributed by atoms with E-state index in [1.807, 2.05) is 54.6 Å². The van der Waals surface area contributed by atoms with Crippen molar-refractivity contribution >= 4 is 16.7 Å². The van der Waals surface area contributed by atoms with E-state index in [0.717, 1.165) is 22.5 Å². The minimum Gasteiger partial charge on any atom is -0.365 e. The molecule has 4 aromatic rings. The fraction of sp³-hybridized carbons (Fsp3) is 0.0500. The van der Waals surface area contributed by atoms with Gasteiger partial charge in [-0.25, -0.2) is 4.98 Å². The summed E-state index contributed by atoms with van der Waals surface area (Å²) in [7, 11) is 0. The minimum absolute atomic E-state index is 0.136. The van der Waals surface area contributed by atoms with Crippen LogP contribution in [-0.4, -0.2) is 15.0 Å². The first-order valence-electron chi connectivity index (χ1n) is 8.02. The van der Waals surface area contributed by atoms with Crippen molar-refractivity contribution in [1.82, 2.24) is 15.0 Å². The van der Waals surface area contributed by atoms with Gasteiger partial charge in [0.2, 0.25) is 0 Å². The first kappa shape index (κ1) is 15.1. The SMILES string of the molecule is O=c1[nH]ccc2nc(NCc3ccncc3)c(-c3ccccc3)cc12. The molecular formula is C20H16N4O. The molecule has 0 saturated heterocycles. The summed E-state index contributed by atoms with van der Waals surface area (Å²) in [5.41, 5.74) is 3.56. The first-order valence-corrected chi connectivity index (χ1v) is 8.02. The summed E-state index contributed by atoms with van der Waals surface area (Å²) < 4.78 is 0. The highest BCUT2D eigenvalue weighted by Gasteiger charge is 2.11. The molecule has 5 heteroatoms. The molecule has 122 valence electrons. The monoisotopic (exact) mass is 328 g/mol. The number of benzene rings is 1. The van der Waals surface area contributed by atoms with E-state index in [-0.39, 0.29) is 5.56 Å². The van der Waals surface area contributed by atoms with E-state index >= 15 is 0 Å². The van der Waals surface area contributed by atoms with E-state index in [9.17, 15) is 4.79 Å². The zero-order valence-electron chi connectivity index (χ0n) is 13.4. The molecule has 0 unspecified atom stereocenters. The lowest BCUT2D eigenvalue weighted by Gasteiger charge is -2.13. The van der Waals surface area contributed by atoms with Gasteiger partial charge >= 0.3 is 0 Å². The highest BCUT2D eigenvalue weighted by Crippen LogP contribution is 2.29. The third-order valence-corrected chi connectivity index (χ3v) is 4.05. The number of fused-ring (bicyclic) bond motifs is 1. The maximum absolute atomic E-state index is 12.1. The Bertz CT molecular complexity index is 1060. The third kappa shape index (κ3) is 3.12. The molecule has 0 atom stereocenters. The van der Waals surface area contributed by atoms with E-state index in [1.165, 1.54) is 0 Å². The van der Waals surface area contributed by atoms with Crippen molar-refractivity contribution in [2.45, 2.75) is 6.54 Å². The summed E-state index contributed by atoms with van der Waals surface area (Å²) in [6.07, 6.45) is 5.15. The summed E-state index contributed by atoms with van der Waals surface area (Å²) in [6, 6.07) is 17.6. The average Bonchev–Trinajstić information content (AvgIpc) is 2.67. The Morgan fingerprint density at radius 1 is 1.00 bits per heavy atom. The molecule has 0 saturated carbocycles. The average molecular weight is 328 g/mol. The number of pyridine rings is 3. The summed E-state index contributed by atoms with van der Waals surface area (Å²) in [5.74, 6) is 0.751. The van der Waals surface area contributed by atoms with Gasteiger partial charge in [-0.2, -0.15) is 0 Å². The molecule has 0 amide bonds. The molecule has 2 N–H and O–H groups in total. The number of hydrogen-bond donors (Lipinski definition) is 2. The number of anilines is 1. The Hall–Kier alpha value is -3.47. The maximum Gasteiger partial charge on any atom is 0.257 e. The van der Waals surface area contributed by atoms with Crippen LogP contribution < -0.4 is 10.9 Å². The molecular weight excluding hydrogens is 312 g/mol. The van der Waals surface area contributed by atoms with E-state index in [4.69, 9.17) is 0 Å². The summed E-state index contributed by atoms with van der Waals surface area (Å²) in [6.45, 7) is 0.629. The third-order valence-electron chi connectivity index (χ3n) is 4.05. The maximum atomic E-state index is 12.1. The van der Waals surface area contributed by atoms with Crippen LogP contribution in [0.25, 0.3) is 22.0 Å². The number of aromatic amines is 1. The van der Waals surface area contributed by atoms with Crippen LogP contribution in [0.3, 0.4) is 0 Å². The second kappa shape index (κ2) is 6.57. The molecule has 1 aromatic carbocycles. The smallest absolute Gasteiger partial charge is 0.257 e. The lowest BCUT2D eigenvalue weighted by atomic mass is 10.0. The van der Waals surface area contributed by atoms with Gasteiger partial charge in [-0.05, 0) is 35.4 Å². The fourth-order valence-electron chi connectivity index (χ4n) is 2.77. The summed E-state index contributed by atoms with van der Waals surface area (Å²) in [4.78, 5) is 23.6. The van der Waals surface area contributed by atoms with Crippen molar-refractivity contribution in [2.24, 2.45) is 0 Å². The van der Waals surface area contributed by atoms with Crippen LogP contribution in [-0.2, 0) is 6.54 Å². The predicted octanol–water partition coefficient (Wildman–Crippen LogP) is 3.60. The molecule has 0 aliphatic heterocycles. The molecule has 3 heterocycles. The molecule has 0 bridgehead atoms. The lowest BCUT2D eigenvalue weighted by molar-refractivity contribution is 1.10. The van der Waals surface area contributed by atoms with Gasteiger partial charge < -0.3 is 10.3 Å². The molecule has 5 nitrogen and oxygen atoms in total. The second-order valence-corrected chi connectivity index (χ2v) is 5.70. The Labute approximate surface area is 144 Å². The van der Waals surface area contributed by atoms with Crippen molar-refractivity contribution < 1.29 is 0 Å². The van der Waals surface area contributed by atoms with Gasteiger partial charge in [-0.15, -0.1) is 0 Å². The van der Waals surface area contributed by atoms with Crippen LogP contribution in [0.15, 0.2) is 78.0 Å². The summed E-state index contributed by atoms with van der Waals surface area (Å²) >= 11 is 0. The Kier molecular flexibility index (Phi) is 3.96. The van der Waals surface area contributed by atoms with Crippen molar-refractivity contribution in [2.75, 3.05) is 5.32 Å². The van der Waals surface area contributed by atoms with Gasteiger partial charge in [0.05, 0.1) is 10.9 Å². The van der Waals surface area contributed by atoms with Crippen LogP contribution in [0.1, 0.15) is 5.56 Å². The quantitative estimate of drug-likeness (QED) is 0.600. The van der Waals surface area contributed by atoms with Crippen molar-refractivity contribution in [3.63, 3.8) is 0 Å². The van der Waals surface area contributed by atoms with Crippen LogP contribution in [0.5, 0.6) is 0 Å². The standard InChI is InChI=1S/C20H16N4O/c25-20-17-12-16(15-4-2-1-3-5-15)19(24-18(17)8-11-22-20)23-13-14-6-9-21-10-7-14/h1-12H,13H2,(H,22,25)(H,23,24). The highest BCUT2D eigenvalue weighted by atomic mass is 16.1. The van der Waals surface area contributed by atoms with Crippen LogP contribution in [0.2, 0.25) is 0 Å². The lowest BCUT2D eigenvalue weighted by Crippen LogP contribution is -2.08. The molecule has 4 rings (SSSR count). The highest BCUT2D eigenvalue weighted by molar-refractivity contribution is 5.88. The molecule has 0 fully saturated rings. The Morgan fingerprint density at radius 2 is 1.80 bits per heavy atom. The molecule has 0 aliphatic carbocycles. The summed E-state index contributed by atoms with van der Waals surface area (Å²) in [5, 5.41) is 3.97. The second-order valence-electron chi connectivity index (χ2n) is 5.70. The predicted molar refractivity (Wildman–Crippen MR) is 99.4 cm³/mol. The number of H-pyrrole nitrogens is 1. The number of aromatic nitrogens is 3. The number of nitrogens with one attached hydrogen (secondary N) is 2. The normalized spacial score (nSPS) is 10.7. The topological polar surface area (TPSA) is 70.7 Å². The largest absolute Gasteiger partial charge is 0.365 e. The first-order chi connectivity index (χ1) is 12.3. The van der Waals surface area contributed by atoms with Gasteiger partial charge in [0.15, 0.2) is 0 Å². The zero-order chi connectivity index (χ0) is 17.1. The molecule has 0 radical (unpaired) electrons. The molecule has 25 heavy (non-hydrogen) atoms. The van der Waals surface area contributed by atoms with Crippen molar-refractivity contribution in [1.29, 1.82) is 0 Å². The van der Waals surface area contributed by atoms with Crippen LogP contribution in [0.4, 0.5) is 5.82 Å². The van der Waals surface area contributed by atoms with Gasteiger partial charge in [0, 0.05) is 30.7 Å². The van der Waals surface area contributed by atoms with E-state index in [1.54, 1.807) is 18.6 Å². The minimum atomic E-state index is -0.136. The van der Waals surface area contributed by atoms with E-state index in [2.05, 4.69) is 20.3 Å².